The van der Waals surface area contributed by atoms with Gasteiger partial charge < -0.3 is 0 Å². The van der Waals surface area contributed by atoms with Crippen LogP contribution >= 0.6 is 45.2 Å². The highest BCUT2D eigenvalue weighted by Crippen LogP contribution is 2.30. The Morgan fingerprint density at radius 1 is 1.31 bits per heavy atom. The van der Waals surface area contributed by atoms with Gasteiger partial charge in [-0.2, -0.15) is 13.1 Å². The van der Waals surface area contributed by atoms with E-state index in [4.69, 9.17) is 4.55 Å². The van der Waals surface area contributed by atoms with Crippen LogP contribution in [-0.2, 0) is 10.3 Å². The molecule has 0 aromatic rings. The summed E-state index contributed by atoms with van der Waals surface area (Å²) >= 11 is 4.61. The Morgan fingerprint density at radius 2 is 1.92 bits per heavy atom. The van der Waals surface area contributed by atoms with Crippen LogP contribution in [0.15, 0.2) is 0 Å². The topological polar surface area (TPSA) is 66.4 Å². The van der Waals surface area contributed by atoms with E-state index >= 15 is 0 Å². The molecule has 0 aromatic heterocycles. The number of nitrogens with one attached hydrogen (secondary N) is 1. The van der Waals surface area contributed by atoms with Crippen molar-refractivity contribution in [3.05, 3.63) is 0 Å². The lowest BCUT2D eigenvalue weighted by molar-refractivity contribution is 0.412. The second kappa shape index (κ2) is 4.90. The molecule has 3 unspecified atom stereocenters. The maximum atomic E-state index is 10.6. The molecule has 4 nitrogen and oxygen atoms in total. The fourth-order valence-electron chi connectivity index (χ4n) is 1.39. The van der Waals surface area contributed by atoms with E-state index in [2.05, 4.69) is 49.9 Å². The van der Waals surface area contributed by atoms with Gasteiger partial charge in [-0.05, 0) is 19.3 Å². The molecule has 0 amide bonds. The molecule has 1 fully saturated rings. The van der Waals surface area contributed by atoms with Crippen LogP contribution < -0.4 is 4.72 Å². The summed E-state index contributed by atoms with van der Waals surface area (Å²) in [6.07, 6.45) is 2.81. The molecule has 7 heteroatoms. The molecular weight excluding hydrogens is 420 g/mol. The van der Waals surface area contributed by atoms with Crippen LogP contribution in [0.5, 0.6) is 0 Å². The van der Waals surface area contributed by atoms with Gasteiger partial charge in [0.15, 0.2) is 0 Å². The Labute approximate surface area is 105 Å². The minimum absolute atomic E-state index is 0.110. The maximum Gasteiger partial charge on any atom is 0.333 e. The van der Waals surface area contributed by atoms with E-state index in [1.54, 1.807) is 0 Å². The molecule has 0 aromatic carbocycles. The second-order valence-corrected chi connectivity index (χ2v) is 7.67. The normalized spacial score (nSPS) is 36.1. The molecule has 2 N–H and O–H groups in total. The molecule has 0 saturated heterocycles. The van der Waals surface area contributed by atoms with Gasteiger partial charge in [0.05, 0.1) is 0 Å². The van der Waals surface area contributed by atoms with Crippen molar-refractivity contribution in [3.63, 3.8) is 0 Å². The summed E-state index contributed by atoms with van der Waals surface area (Å²) < 4.78 is 32.9. The summed E-state index contributed by atoms with van der Waals surface area (Å²) in [7, 11) is -4.03. The maximum absolute atomic E-state index is 10.6. The molecule has 0 bridgehead atoms. The number of hydrogen-bond donors (Lipinski definition) is 2. The average molecular weight is 431 g/mol. The summed E-state index contributed by atoms with van der Waals surface area (Å²) in [4.78, 5) is 0. The highest BCUT2D eigenvalue weighted by Gasteiger charge is 2.29. The third kappa shape index (κ3) is 4.58. The lowest BCUT2D eigenvalue weighted by Gasteiger charge is -2.29. The molecule has 1 aliphatic carbocycles. The predicted molar refractivity (Wildman–Crippen MR) is 67.9 cm³/mol. The van der Waals surface area contributed by atoms with Gasteiger partial charge >= 0.3 is 10.3 Å². The fraction of sp³-hybridized carbons (Fsp3) is 1.00. The van der Waals surface area contributed by atoms with E-state index in [0.717, 1.165) is 19.3 Å². The monoisotopic (exact) mass is 431 g/mol. The van der Waals surface area contributed by atoms with Crippen molar-refractivity contribution in [2.75, 3.05) is 0 Å². The van der Waals surface area contributed by atoms with Gasteiger partial charge in [-0.25, -0.2) is 0 Å². The molecule has 0 aliphatic heterocycles. The van der Waals surface area contributed by atoms with Crippen molar-refractivity contribution < 1.29 is 13.0 Å². The van der Waals surface area contributed by atoms with Crippen LogP contribution in [0.4, 0.5) is 0 Å². The summed E-state index contributed by atoms with van der Waals surface area (Å²) in [5.74, 6) is 0. The molecule has 0 radical (unpaired) electrons. The summed E-state index contributed by atoms with van der Waals surface area (Å²) in [5, 5.41) is 0. The summed E-state index contributed by atoms with van der Waals surface area (Å²) in [6, 6.07) is -0.110. The van der Waals surface area contributed by atoms with Crippen molar-refractivity contribution in [3.8, 4) is 0 Å². The van der Waals surface area contributed by atoms with Crippen LogP contribution in [0.1, 0.15) is 19.3 Å². The zero-order valence-corrected chi connectivity index (χ0v) is 11.9. The van der Waals surface area contributed by atoms with Crippen LogP contribution in [-0.4, -0.2) is 26.9 Å². The molecule has 78 valence electrons. The SMILES string of the molecule is O=S(=O)(O)NC1CCC(I)CC1I. The molecular formula is C6H11I2NO3S. The van der Waals surface area contributed by atoms with Crippen molar-refractivity contribution in [2.24, 2.45) is 0 Å². The highest BCUT2D eigenvalue weighted by atomic mass is 127. The fourth-order valence-corrected chi connectivity index (χ4v) is 5.33. The Kier molecular flexibility index (Phi) is 4.68. The van der Waals surface area contributed by atoms with E-state index in [1.165, 1.54) is 0 Å². The molecule has 1 saturated carbocycles. The third-order valence-corrected chi connectivity index (χ3v) is 5.12. The molecule has 1 aliphatic rings. The lowest BCUT2D eigenvalue weighted by atomic mass is 9.96. The molecule has 3 atom stereocenters. The Morgan fingerprint density at radius 3 is 2.38 bits per heavy atom. The molecule has 13 heavy (non-hydrogen) atoms. The van der Waals surface area contributed by atoms with Gasteiger partial charge in [-0.15, -0.1) is 0 Å². The van der Waals surface area contributed by atoms with Crippen molar-refractivity contribution in [2.45, 2.75) is 33.2 Å². The van der Waals surface area contributed by atoms with Crippen LogP contribution in [0.25, 0.3) is 0 Å². The summed E-state index contributed by atoms with van der Waals surface area (Å²) in [6.45, 7) is 0. The molecule has 0 heterocycles. The van der Waals surface area contributed by atoms with Gasteiger partial charge in [0, 0.05) is 13.9 Å². The number of rotatable bonds is 2. The first kappa shape index (κ1) is 12.4. The van der Waals surface area contributed by atoms with Gasteiger partial charge in [-0.3, -0.25) is 4.55 Å². The van der Waals surface area contributed by atoms with E-state index in [9.17, 15) is 8.42 Å². The average Bonchev–Trinajstić information content (AvgIpc) is 1.93. The molecule has 1 rings (SSSR count). The Balaban J connectivity index is 2.52. The van der Waals surface area contributed by atoms with Gasteiger partial charge in [0.1, 0.15) is 0 Å². The van der Waals surface area contributed by atoms with Crippen molar-refractivity contribution in [1.82, 2.24) is 4.72 Å². The summed E-state index contributed by atoms with van der Waals surface area (Å²) in [5.41, 5.74) is 0. The smallest absolute Gasteiger partial charge is 0.273 e. The first-order valence-electron chi connectivity index (χ1n) is 3.91. The third-order valence-electron chi connectivity index (χ3n) is 2.01. The number of hydrogen-bond acceptors (Lipinski definition) is 2. The van der Waals surface area contributed by atoms with Crippen LogP contribution in [0.2, 0.25) is 0 Å². The van der Waals surface area contributed by atoms with E-state index in [0.29, 0.717) is 3.92 Å². The quantitative estimate of drug-likeness (QED) is 0.396. The lowest BCUT2D eigenvalue weighted by Crippen LogP contribution is -2.44. The first-order valence-corrected chi connectivity index (χ1v) is 7.84. The van der Waals surface area contributed by atoms with Crippen LogP contribution in [0, 0.1) is 0 Å². The molecule has 0 spiro atoms. The Bertz CT molecular complexity index is 269. The van der Waals surface area contributed by atoms with Crippen molar-refractivity contribution >= 4 is 55.5 Å². The zero-order valence-electron chi connectivity index (χ0n) is 6.78. The minimum atomic E-state index is -4.03. The van der Waals surface area contributed by atoms with E-state index in [1.807, 2.05) is 0 Å². The first-order chi connectivity index (χ1) is 5.88. The number of halogens is 2. The Hall–Kier alpha value is 1.33. The van der Waals surface area contributed by atoms with Gasteiger partial charge in [0.2, 0.25) is 0 Å². The largest absolute Gasteiger partial charge is 0.333 e. The van der Waals surface area contributed by atoms with E-state index < -0.39 is 10.3 Å². The standard InChI is InChI=1S/C6H11I2NO3S/c7-4-1-2-6(5(8)3-4)9-13(10,11)12/h4-6,9H,1-3H2,(H,10,11,12). The van der Waals surface area contributed by atoms with Gasteiger partial charge in [0.25, 0.3) is 0 Å². The minimum Gasteiger partial charge on any atom is -0.273 e. The second-order valence-electron chi connectivity index (χ2n) is 3.13. The van der Waals surface area contributed by atoms with E-state index in [-0.39, 0.29) is 9.97 Å². The zero-order chi connectivity index (χ0) is 10.1. The highest BCUT2D eigenvalue weighted by molar-refractivity contribution is 14.1. The predicted octanol–water partition coefficient (Wildman–Crippen LogP) is 1.54. The number of alkyl halides is 2. The van der Waals surface area contributed by atoms with Gasteiger partial charge in [-0.1, -0.05) is 45.2 Å². The van der Waals surface area contributed by atoms with Crippen LogP contribution in [0.3, 0.4) is 0 Å². The van der Waals surface area contributed by atoms with Crippen molar-refractivity contribution in [1.29, 1.82) is 0 Å².